The Hall–Kier alpha value is -4.07. The highest BCUT2D eigenvalue weighted by Gasteiger charge is 2.34. The van der Waals surface area contributed by atoms with Gasteiger partial charge in [-0.2, -0.15) is 18.3 Å². The Morgan fingerprint density at radius 2 is 1.90 bits per heavy atom. The first kappa shape index (κ1) is 28.0. The van der Waals surface area contributed by atoms with Gasteiger partial charge in [0.15, 0.2) is 11.5 Å². The lowest BCUT2D eigenvalue weighted by atomic mass is 10.1. The van der Waals surface area contributed by atoms with Crippen LogP contribution in [0.5, 0.6) is 11.5 Å². The third kappa shape index (κ3) is 6.33. The number of ether oxygens (including phenoxy) is 3. The number of amides is 1. The van der Waals surface area contributed by atoms with Crippen LogP contribution in [0.1, 0.15) is 32.0 Å². The molecule has 1 aromatic carbocycles. The summed E-state index contributed by atoms with van der Waals surface area (Å²) >= 11 is 1.26. The lowest BCUT2D eigenvalue weighted by Gasteiger charge is -2.19. The molecule has 0 saturated carbocycles. The lowest BCUT2D eigenvalue weighted by Crippen LogP contribution is -2.34. The smallest absolute Gasteiger partial charge is 0.419 e. The molecule has 0 radical (unpaired) electrons. The number of alkyl carbamates (subject to hydrolysis) is 1. The van der Waals surface area contributed by atoms with Crippen LogP contribution >= 0.6 is 11.3 Å². The summed E-state index contributed by atoms with van der Waals surface area (Å²) in [5, 5.41) is 7.78. The molecule has 0 aliphatic rings. The first-order chi connectivity index (χ1) is 18.3. The van der Waals surface area contributed by atoms with Crippen molar-refractivity contribution >= 4 is 28.2 Å². The monoisotopic (exact) mass is 564 g/mol. The van der Waals surface area contributed by atoms with E-state index in [-0.39, 0.29) is 18.7 Å². The van der Waals surface area contributed by atoms with E-state index in [2.05, 4.69) is 20.4 Å². The van der Waals surface area contributed by atoms with Crippen molar-refractivity contribution in [2.45, 2.75) is 39.5 Å². The number of halogens is 3. The van der Waals surface area contributed by atoms with Gasteiger partial charge in [0.1, 0.15) is 23.0 Å². The van der Waals surface area contributed by atoms with Crippen LogP contribution in [0.25, 0.3) is 26.8 Å². The molecule has 4 aromatic rings. The third-order valence-corrected chi connectivity index (χ3v) is 6.27. The highest BCUT2D eigenvalue weighted by atomic mass is 32.1. The van der Waals surface area contributed by atoms with Crippen molar-refractivity contribution in [3.63, 3.8) is 0 Å². The van der Waals surface area contributed by atoms with Gasteiger partial charge in [0.2, 0.25) is 4.96 Å². The largest absolute Gasteiger partial charge is 0.493 e. The second kappa shape index (κ2) is 10.6. The molecule has 0 spiro atoms. The zero-order valence-corrected chi connectivity index (χ0v) is 22.7. The molecule has 208 valence electrons. The van der Waals surface area contributed by atoms with Crippen LogP contribution in [0, 0.1) is 6.92 Å². The van der Waals surface area contributed by atoms with Crippen LogP contribution in [0.15, 0.2) is 30.5 Å². The number of imidazole rings is 1. The van der Waals surface area contributed by atoms with Crippen LogP contribution in [0.2, 0.25) is 0 Å². The van der Waals surface area contributed by atoms with E-state index < -0.39 is 29.3 Å². The summed E-state index contributed by atoms with van der Waals surface area (Å²) in [5.74, 6) is 0.294. The van der Waals surface area contributed by atoms with Crippen LogP contribution in [0.4, 0.5) is 23.8 Å². The van der Waals surface area contributed by atoms with E-state index in [0.29, 0.717) is 38.4 Å². The van der Waals surface area contributed by atoms with Gasteiger partial charge in [0.25, 0.3) is 0 Å². The summed E-state index contributed by atoms with van der Waals surface area (Å²) in [6, 6.07) is 6.16. The average molecular weight is 565 g/mol. The number of carbonyl (C=O) groups is 1. The van der Waals surface area contributed by atoms with E-state index in [9.17, 15) is 18.0 Å². The predicted molar refractivity (Wildman–Crippen MR) is 140 cm³/mol. The summed E-state index contributed by atoms with van der Waals surface area (Å²) in [6.45, 7) is 7.41. The molecule has 3 heterocycles. The molecule has 0 unspecified atom stereocenters. The van der Waals surface area contributed by atoms with E-state index in [0.717, 1.165) is 6.07 Å². The van der Waals surface area contributed by atoms with E-state index in [1.54, 1.807) is 45.9 Å². The van der Waals surface area contributed by atoms with Gasteiger partial charge in [-0.15, -0.1) is 0 Å². The van der Waals surface area contributed by atoms with Gasteiger partial charge in [0, 0.05) is 17.3 Å². The van der Waals surface area contributed by atoms with Crippen LogP contribution < -0.4 is 20.5 Å². The SMILES string of the molecule is COc1cc(-c2nn3c(-c4cnc(N)c(C(F)(F)F)c4)c(C)nc3s2)ccc1OCCNC(=O)OC(C)(C)C. The number of anilines is 1. The standard InChI is InChI=1S/C25H27F3N6O4S/c1-13-19(15-10-16(25(26,27)28)20(29)31-12-15)34-22(32-13)39-21(33-34)14-6-7-17(18(11-14)36-5)37-9-8-30-23(35)38-24(2,3)4/h6-7,10-12H,8-9H2,1-5H3,(H2,29,31)(H,30,35). The normalized spacial score (nSPS) is 12.0. The fourth-order valence-corrected chi connectivity index (χ4v) is 4.62. The summed E-state index contributed by atoms with van der Waals surface area (Å²) in [6.07, 6.45) is -3.92. The van der Waals surface area contributed by atoms with Crippen LogP contribution in [-0.2, 0) is 10.9 Å². The number of nitrogens with zero attached hydrogens (tertiary/aromatic N) is 4. The Morgan fingerprint density at radius 1 is 1.15 bits per heavy atom. The number of pyridine rings is 1. The highest BCUT2D eigenvalue weighted by molar-refractivity contribution is 7.19. The molecule has 0 atom stereocenters. The number of hydrogen-bond acceptors (Lipinski definition) is 9. The molecule has 3 aromatic heterocycles. The quantitative estimate of drug-likeness (QED) is 0.288. The summed E-state index contributed by atoms with van der Waals surface area (Å²) in [4.78, 5) is 20.5. The van der Waals surface area contributed by atoms with Crippen molar-refractivity contribution in [2.75, 3.05) is 26.0 Å². The number of aryl methyl sites for hydroxylation is 1. The first-order valence-corrected chi connectivity index (χ1v) is 12.6. The summed E-state index contributed by atoms with van der Waals surface area (Å²) < 4.78 is 58.1. The fourth-order valence-electron chi connectivity index (χ4n) is 3.68. The molecule has 0 aliphatic heterocycles. The first-order valence-electron chi connectivity index (χ1n) is 11.7. The number of aromatic nitrogens is 4. The molecule has 3 N–H and O–H groups in total. The Morgan fingerprint density at radius 3 is 2.56 bits per heavy atom. The van der Waals surface area contributed by atoms with Crippen molar-refractivity contribution < 1.29 is 32.2 Å². The van der Waals surface area contributed by atoms with Crippen LogP contribution in [-0.4, -0.2) is 51.5 Å². The third-order valence-electron chi connectivity index (χ3n) is 5.31. The molecular weight excluding hydrogens is 537 g/mol. The molecule has 1 amide bonds. The van der Waals surface area contributed by atoms with Gasteiger partial charge in [0.05, 0.1) is 30.6 Å². The number of nitrogens with two attached hydrogens (primary N) is 1. The van der Waals surface area contributed by atoms with Crippen molar-refractivity contribution in [1.82, 2.24) is 24.9 Å². The number of fused-ring (bicyclic) bond motifs is 1. The number of rotatable bonds is 7. The summed E-state index contributed by atoms with van der Waals surface area (Å²) in [5.41, 5.74) is 5.61. The van der Waals surface area contributed by atoms with Crippen molar-refractivity contribution in [1.29, 1.82) is 0 Å². The number of benzene rings is 1. The highest BCUT2D eigenvalue weighted by Crippen LogP contribution is 2.38. The maximum absolute atomic E-state index is 13.4. The zero-order valence-electron chi connectivity index (χ0n) is 21.8. The number of carbonyl (C=O) groups excluding carboxylic acids is 1. The van der Waals surface area contributed by atoms with E-state index >= 15 is 0 Å². The van der Waals surface area contributed by atoms with Gasteiger partial charge < -0.3 is 25.3 Å². The fraction of sp³-hybridized carbons (Fsp3) is 0.360. The number of hydrogen-bond donors (Lipinski definition) is 2. The minimum Gasteiger partial charge on any atom is -0.493 e. The van der Waals surface area contributed by atoms with E-state index in [1.807, 2.05) is 0 Å². The molecule has 14 heteroatoms. The maximum Gasteiger partial charge on any atom is 0.419 e. The lowest BCUT2D eigenvalue weighted by molar-refractivity contribution is -0.137. The van der Waals surface area contributed by atoms with Gasteiger partial charge in [-0.05, 0) is 52.0 Å². The molecule has 0 bridgehead atoms. The average Bonchev–Trinajstić information content (AvgIpc) is 3.37. The van der Waals surface area contributed by atoms with Crippen molar-refractivity contribution in [3.05, 3.63) is 41.7 Å². The number of nitrogen functional groups attached to an aromatic ring is 1. The van der Waals surface area contributed by atoms with Gasteiger partial charge in [-0.1, -0.05) is 11.3 Å². The molecular formula is C25H27F3N6O4S. The van der Waals surface area contributed by atoms with Crippen molar-refractivity contribution in [3.8, 4) is 33.3 Å². The predicted octanol–water partition coefficient (Wildman–Crippen LogP) is 5.34. The Bertz CT molecular complexity index is 1510. The maximum atomic E-state index is 13.4. The van der Waals surface area contributed by atoms with Gasteiger partial charge >= 0.3 is 12.3 Å². The summed E-state index contributed by atoms with van der Waals surface area (Å²) in [7, 11) is 1.49. The molecule has 0 aliphatic carbocycles. The molecule has 0 fully saturated rings. The minimum absolute atomic E-state index is 0.179. The second-order valence-corrected chi connectivity index (χ2v) is 10.4. The second-order valence-electron chi connectivity index (χ2n) is 9.44. The number of alkyl halides is 3. The Kier molecular flexibility index (Phi) is 7.59. The minimum atomic E-state index is -4.65. The van der Waals surface area contributed by atoms with E-state index in [1.165, 1.54) is 29.2 Å². The van der Waals surface area contributed by atoms with Crippen molar-refractivity contribution in [2.24, 2.45) is 0 Å². The molecule has 4 rings (SSSR count). The number of methoxy groups -OCH3 is 1. The Balaban J connectivity index is 1.55. The zero-order chi connectivity index (χ0) is 28.5. The topological polar surface area (TPSA) is 126 Å². The molecule has 0 saturated heterocycles. The van der Waals surface area contributed by atoms with Gasteiger partial charge in [-0.3, -0.25) is 0 Å². The van der Waals surface area contributed by atoms with Gasteiger partial charge in [-0.25, -0.2) is 19.3 Å². The van der Waals surface area contributed by atoms with E-state index in [4.69, 9.17) is 19.9 Å². The molecule has 39 heavy (non-hydrogen) atoms. The number of nitrogens with one attached hydrogen (secondary N) is 1. The van der Waals surface area contributed by atoms with Crippen LogP contribution in [0.3, 0.4) is 0 Å². The Labute approximate surface area is 225 Å². The molecule has 10 nitrogen and oxygen atoms in total.